The number of fused-ring (bicyclic) bond motifs is 1. The summed E-state index contributed by atoms with van der Waals surface area (Å²) in [6, 6.07) is 7.63. The van der Waals surface area contributed by atoms with Gasteiger partial charge in [0.1, 0.15) is 11.4 Å². The van der Waals surface area contributed by atoms with E-state index in [9.17, 15) is 22.4 Å². The van der Waals surface area contributed by atoms with E-state index in [1.54, 1.807) is 19.9 Å². The van der Waals surface area contributed by atoms with Gasteiger partial charge in [0.15, 0.2) is 18.2 Å². The molecule has 1 unspecified atom stereocenters. The minimum Gasteiger partial charge on any atom is -0.490 e. The van der Waals surface area contributed by atoms with Gasteiger partial charge in [-0.1, -0.05) is 12.1 Å². The van der Waals surface area contributed by atoms with Gasteiger partial charge in [0.2, 0.25) is 0 Å². The summed E-state index contributed by atoms with van der Waals surface area (Å²) in [7, 11) is 0. The number of carbonyl (C=O) groups excluding carboxylic acids is 1. The minimum absolute atomic E-state index is 0.00972. The molecule has 0 N–H and O–H groups in total. The molecule has 6 rings (SSSR count). The van der Waals surface area contributed by atoms with Crippen LogP contribution in [0.4, 0.5) is 17.6 Å². The van der Waals surface area contributed by atoms with E-state index in [1.165, 1.54) is 10.5 Å². The Morgan fingerprint density at radius 2 is 1.86 bits per heavy atom. The molecule has 2 atom stereocenters. The quantitative estimate of drug-likeness (QED) is 0.363. The van der Waals surface area contributed by atoms with E-state index in [4.69, 9.17) is 14.2 Å². The highest BCUT2D eigenvalue weighted by atomic mass is 19.4. The van der Waals surface area contributed by atoms with Gasteiger partial charge < -0.3 is 19.1 Å². The minimum atomic E-state index is -4.55. The molecule has 2 saturated heterocycles. The largest absolute Gasteiger partial charge is 0.490 e. The molecule has 10 heteroatoms. The van der Waals surface area contributed by atoms with Crippen molar-refractivity contribution in [3.8, 4) is 11.5 Å². The van der Waals surface area contributed by atoms with Gasteiger partial charge in [-0.3, -0.25) is 9.69 Å². The summed E-state index contributed by atoms with van der Waals surface area (Å²) >= 11 is 0. The summed E-state index contributed by atoms with van der Waals surface area (Å²) in [5.74, 6) is 0.445. The normalized spacial score (nSPS) is 25.6. The summed E-state index contributed by atoms with van der Waals surface area (Å²) < 4.78 is 72.4. The number of hydrogen-bond acceptors (Lipinski definition) is 5. The third-order valence-corrected chi connectivity index (χ3v) is 9.45. The fourth-order valence-electron chi connectivity index (χ4n) is 6.96. The lowest BCUT2D eigenvalue weighted by molar-refractivity contribution is -0.180. The number of amides is 1. The number of alkyl halides is 3. The van der Waals surface area contributed by atoms with Gasteiger partial charge in [-0.25, -0.2) is 4.39 Å². The van der Waals surface area contributed by atoms with Crippen molar-refractivity contribution in [3.05, 3.63) is 58.4 Å². The number of likely N-dealkylation sites (tertiary alicyclic amines) is 1. The van der Waals surface area contributed by atoms with Gasteiger partial charge >= 0.3 is 6.18 Å². The summed E-state index contributed by atoms with van der Waals surface area (Å²) in [6.07, 6.45) is 0.629. The fourth-order valence-corrected chi connectivity index (χ4v) is 6.96. The van der Waals surface area contributed by atoms with Crippen LogP contribution in [0.3, 0.4) is 0 Å². The Labute approximate surface area is 243 Å². The Bertz CT molecular complexity index is 1310. The molecule has 6 nitrogen and oxygen atoms in total. The van der Waals surface area contributed by atoms with E-state index < -0.39 is 17.3 Å². The molecule has 1 aliphatic carbocycles. The Morgan fingerprint density at radius 3 is 2.48 bits per heavy atom. The molecule has 1 amide bonds. The zero-order valence-electron chi connectivity index (χ0n) is 24.1. The van der Waals surface area contributed by atoms with Gasteiger partial charge in [-0.2, -0.15) is 13.2 Å². The van der Waals surface area contributed by atoms with E-state index in [2.05, 4.69) is 4.90 Å². The van der Waals surface area contributed by atoms with Crippen LogP contribution >= 0.6 is 0 Å². The molecule has 2 aromatic rings. The van der Waals surface area contributed by atoms with Crippen molar-refractivity contribution in [1.82, 2.24) is 9.80 Å². The highest BCUT2D eigenvalue weighted by Crippen LogP contribution is 2.49. The van der Waals surface area contributed by atoms with Gasteiger partial charge in [0.25, 0.3) is 5.91 Å². The predicted molar refractivity (Wildman–Crippen MR) is 148 cm³/mol. The highest BCUT2D eigenvalue weighted by Gasteiger charge is 2.56. The number of benzene rings is 2. The van der Waals surface area contributed by atoms with Gasteiger partial charge in [-0.05, 0) is 107 Å². The average Bonchev–Trinajstić information content (AvgIpc) is 3.84. The van der Waals surface area contributed by atoms with Crippen LogP contribution in [0.15, 0.2) is 30.3 Å². The van der Waals surface area contributed by atoms with Crippen LogP contribution in [0, 0.1) is 18.7 Å². The monoisotopic (exact) mass is 590 g/mol. The average molecular weight is 591 g/mol. The second kappa shape index (κ2) is 11.3. The summed E-state index contributed by atoms with van der Waals surface area (Å²) in [4.78, 5) is 18.0. The summed E-state index contributed by atoms with van der Waals surface area (Å²) in [6.45, 7) is 5.93. The highest BCUT2D eigenvalue weighted by molar-refractivity contribution is 5.86. The molecule has 0 radical (unpaired) electrons. The first-order valence-corrected chi connectivity index (χ1v) is 15.0. The van der Waals surface area contributed by atoms with Crippen LogP contribution in [0.25, 0.3) is 0 Å². The standard InChI is InChI=1S/C32H38F4N2O4/c1-3-40-28-16-25(32(34,35)36)15-23-17-38(19-41-29(23)28)30(39)31(24-5-6-24)11-8-26(18-42-31)37-12-9-21(10-13-37)22-4-7-27(33)20(2)14-22/h4,7,14-16,21,24,26H,3,5-6,8-13,17-19H2,1-2H3/t26-,31?/m1/s1. The molecule has 0 aromatic heterocycles. The second-order valence-corrected chi connectivity index (χ2v) is 12.2. The molecule has 228 valence electrons. The number of nitrogens with zero attached hydrogens (tertiary/aromatic N) is 2. The molecular weight excluding hydrogens is 552 g/mol. The molecule has 3 heterocycles. The summed E-state index contributed by atoms with van der Waals surface area (Å²) in [5.41, 5.74) is 0.357. The lowest BCUT2D eigenvalue weighted by Crippen LogP contribution is -2.59. The van der Waals surface area contributed by atoms with Crippen LogP contribution in [-0.4, -0.2) is 60.4 Å². The van der Waals surface area contributed by atoms with Crippen molar-refractivity contribution in [1.29, 1.82) is 0 Å². The fraction of sp³-hybridized carbons (Fsp3) is 0.594. The van der Waals surface area contributed by atoms with Crippen LogP contribution in [0.1, 0.15) is 73.6 Å². The van der Waals surface area contributed by atoms with Crippen molar-refractivity contribution >= 4 is 5.91 Å². The number of carbonyl (C=O) groups is 1. The van der Waals surface area contributed by atoms with E-state index >= 15 is 0 Å². The summed E-state index contributed by atoms with van der Waals surface area (Å²) in [5, 5.41) is 0. The molecule has 3 fully saturated rings. The van der Waals surface area contributed by atoms with Crippen LogP contribution in [-0.2, 0) is 22.3 Å². The lowest BCUT2D eigenvalue weighted by atomic mass is 9.84. The molecule has 3 aliphatic heterocycles. The first-order valence-electron chi connectivity index (χ1n) is 15.0. The first-order chi connectivity index (χ1) is 20.1. The molecule has 2 aromatic carbocycles. The Kier molecular flexibility index (Phi) is 7.89. The maximum Gasteiger partial charge on any atom is 0.416 e. The molecular formula is C32H38F4N2O4. The van der Waals surface area contributed by atoms with Crippen LogP contribution in [0.2, 0.25) is 0 Å². The Balaban J connectivity index is 1.11. The number of piperidine rings is 1. The third-order valence-electron chi connectivity index (χ3n) is 9.45. The Morgan fingerprint density at radius 1 is 1.10 bits per heavy atom. The lowest BCUT2D eigenvalue weighted by Gasteiger charge is -2.46. The number of halogens is 4. The van der Waals surface area contributed by atoms with Gasteiger partial charge in [-0.15, -0.1) is 0 Å². The first kappa shape index (κ1) is 29.2. The smallest absolute Gasteiger partial charge is 0.416 e. The zero-order valence-corrected chi connectivity index (χ0v) is 24.1. The number of ether oxygens (including phenoxy) is 3. The molecule has 42 heavy (non-hydrogen) atoms. The number of rotatable bonds is 6. The number of hydrogen-bond donors (Lipinski definition) is 0. The van der Waals surface area contributed by atoms with Crippen molar-refractivity contribution < 1.29 is 36.6 Å². The predicted octanol–water partition coefficient (Wildman–Crippen LogP) is 6.44. The van der Waals surface area contributed by atoms with Crippen molar-refractivity contribution in [2.24, 2.45) is 5.92 Å². The van der Waals surface area contributed by atoms with Crippen LogP contribution in [0.5, 0.6) is 11.5 Å². The third kappa shape index (κ3) is 5.60. The molecule has 0 spiro atoms. The maximum absolute atomic E-state index is 14.0. The van der Waals surface area contributed by atoms with E-state index in [0.717, 1.165) is 57.3 Å². The van der Waals surface area contributed by atoms with Crippen molar-refractivity contribution in [2.75, 3.05) is 33.0 Å². The van der Waals surface area contributed by atoms with Crippen molar-refractivity contribution in [3.63, 3.8) is 0 Å². The van der Waals surface area contributed by atoms with Crippen LogP contribution < -0.4 is 9.47 Å². The Hall–Kier alpha value is -2.85. The van der Waals surface area contributed by atoms with E-state index in [-0.39, 0.29) is 60.6 Å². The van der Waals surface area contributed by atoms with Crippen molar-refractivity contribution in [2.45, 2.75) is 82.7 Å². The van der Waals surface area contributed by atoms with Gasteiger partial charge in [0.05, 0.1) is 25.3 Å². The molecule has 0 bridgehead atoms. The van der Waals surface area contributed by atoms with Gasteiger partial charge in [0, 0.05) is 11.6 Å². The SMILES string of the molecule is CCOc1cc(C(F)(F)F)cc2c1OCN(C(=O)C1(C3CC3)CC[C@@H](N3CCC(c4ccc(F)c(C)c4)CC3)CO1)C2. The number of aryl methyl sites for hydroxylation is 1. The zero-order chi connectivity index (χ0) is 29.6. The van der Waals surface area contributed by atoms with E-state index in [0.29, 0.717) is 24.5 Å². The molecule has 4 aliphatic rings. The maximum atomic E-state index is 14.0. The van der Waals surface area contributed by atoms with E-state index in [1.807, 2.05) is 12.1 Å². The second-order valence-electron chi connectivity index (χ2n) is 12.2. The topological polar surface area (TPSA) is 51.2 Å². The molecule has 1 saturated carbocycles.